The lowest BCUT2D eigenvalue weighted by Gasteiger charge is -2.22. The van der Waals surface area contributed by atoms with Gasteiger partial charge in [-0.2, -0.15) is 0 Å². The number of hydrogen-bond donors (Lipinski definition) is 2. The Labute approximate surface area is 130 Å². The monoisotopic (exact) mass is 310 g/mol. The molecular formula is C15H22N2O3S. The quantitative estimate of drug-likeness (QED) is 0.757. The Bertz CT molecular complexity index is 462. The van der Waals surface area contributed by atoms with Gasteiger partial charge in [0.25, 0.3) is 0 Å². The standard InChI is InChI=1S/C15H22N2O3S/c16-15(21)12-3-1-4-14(9-12)20-11-13(18)10-17-5-2-7-19-8-6-17/h1,3-4,9,13,18H,2,5-8,10-11H2,(H2,16,21). The van der Waals surface area contributed by atoms with Crippen molar-refractivity contribution in [1.82, 2.24) is 4.90 Å². The van der Waals surface area contributed by atoms with Gasteiger partial charge in [-0.3, -0.25) is 4.90 Å². The summed E-state index contributed by atoms with van der Waals surface area (Å²) in [7, 11) is 0. The van der Waals surface area contributed by atoms with Gasteiger partial charge in [0.2, 0.25) is 0 Å². The first kappa shape index (κ1) is 16.2. The van der Waals surface area contributed by atoms with Gasteiger partial charge in [0.15, 0.2) is 0 Å². The van der Waals surface area contributed by atoms with Gasteiger partial charge in [-0.1, -0.05) is 24.4 Å². The molecule has 0 amide bonds. The summed E-state index contributed by atoms with van der Waals surface area (Å²) in [6, 6.07) is 7.29. The summed E-state index contributed by atoms with van der Waals surface area (Å²) in [6.07, 6.45) is 0.473. The third-order valence-corrected chi connectivity index (χ3v) is 3.58. The Morgan fingerprint density at radius 2 is 2.29 bits per heavy atom. The van der Waals surface area contributed by atoms with Crippen LogP contribution in [0.4, 0.5) is 0 Å². The summed E-state index contributed by atoms with van der Waals surface area (Å²) in [5, 5.41) is 10.1. The van der Waals surface area contributed by atoms with Crippen LogP contribution in [0.1, 0.15) is 12.0 Å². The molecule has 21 heavy (non-hydrogen) atoms. The molecule has 1 fully saturated rings. The first-order valence-corrected chi connectivity index (χ1v) is 7.57. The molecule has 1 aliphatic rings. The van der Waals surface area contributed by atoms with Crippen molar-refractivity contribution >= 4 is 17.2 Å². The molecule has 3 N–H and O–H groups in total. The second kappa shape index (κ2) is 8.29. The van der Waals surface area contributed by atoms with Gasteiger partial charge >= 0.3 is 0 Å². The van der Waals surface area contributed by atoms with Crippen LogP contribution in [0.3, 0.4) is 0 Å². The van der Waals surface area contributed by atoms with Gasteiger partial charge in [-0.15, -0.1) is 0 Å². The largest absolute Gasteiger partial charge is 0.491 e. The molecule has 1 saturated heterocycles. The van der Waals surface area contributed by atoms with Crippen LogP contribution >= 0.6 is 12.2 Å². The number of β-amino-alcohol motifs (C(OH)–C–C–N with tert-alkyl or cyclic N) is 1. The SMILES string of the molecule is NC(=S)c1cccc(OCC(O)CN2CCCOCC2)c1. The zero-order chi connectivity index (χ0) is 15.1. The van der Waals surface area contributed by atoms with E-state index in [-0.39, 0.29) is 6.61 Å². The first-order chi connectivity index (χ1) is 10.1. The highest BCUT2D eigenvalue weighted by atomic mass is 32.1. The Morgan fingerprint density at radius 3 is 3.10 bits per heavy atom. The number of rotatable bonds is 6. The maximum Gasteiger partial charge on any atom is 0.120 e. The van der Waals surface area contributed by atoms with Crippen molar-refractivity contribution in [3.63, 3.8) is 0 Å². The molecular weight excluding hydrogens is 288 g/mol. The number of ether oxygens (including phenoxy) is 2. The van der Waals surface area contributed by atoms with Crippen LogP contribution in [-0.2, 0) is 4.74 Å². The minimum atomic E-state index is -0.531. The molecule has 116 valence electrons. The van der Waals surface area contributed by atoms with Crippen molar-refractivity contribution in [3.8, 4) is 5.75 Å². The Hall–Kier alpha value is -1.21. The lowest BCUT2D eigenvalue weighted by molar-refractivity contribution is 0.0658. The number of thiocarbonyl (C=S) groups is 1. The summed E-state index contributed by atoms with van der Waals surface area (Å²) < 4.78 is 11.0. The molecule has 0 spiro atoms. The van der Waals surface area contributed by atoms with E-state index < -0.39 is 6.10 Å². The van der Waals surface area contributed by atoms with E-state index >= 15 is 0 Å². The molecule has 0 saturated carbocycles. The van der Waals surface area contributed by atoms with E-state index in [1.54, 1.807) is 6.07 Å². The van der Waals surface area contributed by atoms with E-state index in [0.29, 0.717) is 17.3 Å². The first-order valence-electron chi connectivity index (χ1n) is 7.16. The summed E-state index contributed by atoms with van der Waals surface area (Å²) in [5.41, 5.74) is 6.35. The molecule has 1 aliphatic heterocycles. The van der Waals surface area contributed by atoms with Gasteiger partial charge in [-0.05, 0) is 18.6 Å². The van der Waals surface area contributed by atoms with Crippen LogP contribution in [0.15, 0.2) is 24.3 Å². The Kier molecular flexibility index (Phi) is 6.38. The number of nitrogens with two attached hydrogens (primary N) is 1. The molecule has 2 rings (SSSR count). The minimum absolute atomic E-state index is 0.248. The highest BCUT2D eigenvalue weighted by molar-refractivity contribution is 7.80. The molecule has 0 bridgehead atoms. The van der Waals surface area contributed by atoms with Crippen LogP contribution in [0.5, 0.6) is 5.75 Å². The highest BCUT2D eigenvalue weighted by Crippen LogP contribution is 2.13. The molecule has 1 heterocycles. The van der Waals surface area contributed by atoms with Crippen molar-refractivity contribution in [2.75, 3.05) is 39.5 Å². The number of aliphatic hydroxyl groups is 1. The molecule has 0 aromatic heterocycles. The summed E-state index contributed by atoms with van der Waals surface area (Å²) in [5.74, 6) is 0.665. The molecule has 5 nitrogen and oxygen atoms in total. The summed E-state index contributed by atoms with van der Waals surface area (Å²) in [4.78, 5) is 2.54. The van der Waals surface area contributed by atoms with Crippen molar-refractivity contribution in [2.24, 2.45) is 5.73 Å². The van der Waals surface area contributed by atoms with E-state index in [9.17, 15) is 5.11 Å². The average Bonchev–Trinajstić information content (AvgIpc) is 2.74. The predicted octanol–water partition coefficient (Wildman–Crippen LogP) is 0.783. The Morgan fingerprint density at radius 1 is 1.43 bits per heavy atom. The normalized spacial score (nSPS) is 18.0. The van der Waals surface area contributed by atoms with Crippen molar-refractivity contribution in [1.29, 1.82) is 0 Å². The zero-order valence-electron chi connectivity index (χ0n) is 12.0. The van der Waals surface area contributed by atoms with Gasteiger partial charge < -0.3 is 20.3 Å². The predicted molar refractivity (Wildman–Crippen MR) is 85.7 cm³/mol. The van der Waals surface area contributed by atoms with Gasteiger partial charge in [-0.25, -0.2) is 0 Å². The van der Waals surface area contributed by atoms with Crippen molar-refractivity contribution in [2.45, 2.75) is 12.5 Å². The van der Waals surface area contributed by atoms with E-state index in [0.717, 1.165) is 38.3 Å². The molecule has 1 atom stereocenters. The fourth-order valence-corrected chi connectivity index (χ4v) is 2.39. The van der Waals surface area contributed by atoms with Crippen LogP contribution < -0.4 is 10.5 Å². The fourth-order valence-electron chi connectivity index (χ4n) is 2.26. The van der Waals surface area contributed by atoms with Crippen LogP contribution in [0.2, 0.25) is 0 Å². The highest BCUT2D eigenvalue weighted by Gasteiger charge is 2.14. The second-order valence-electron chi connectivity index (χ2n) is 5.12. The van der Waals surface area contributed by atoms with Gasteiger partial charge in [0.1, 0.15) is 23.4 Å². The lowest BCUT2D eigenvalue weighted by atomic mass is 10.2. The van der Waals surface area contributed by atoms with Crippen LogP contribution in [0.25, 0.3) is 0 Å². The van der Waals surface area contributed by atoms with Crippen LogP contribution in [0, 0.1) is 0 Å². The maximum absolute atomic E-state index is 10.1. The van der Waals surface area contributed by atoms with Crippen LogP contribution in [-0.4, -0.2) is 60.6 Å². The summed E-state index contributed by atoms with van der Waals surface area (Å²) in [6.45, 7) is 4.18. The molecule has 1 unspecified atom stereocenters. The van der Waals surface area contributed by atoms with Gasteiger partial charge in [0, 0.05) is 31.8 Å². The topological polar surface area (TPSA) is 68.0 Å². The lowest BCUT2D eigenvalue weighted by Crippen LogP contribution is -2.37. The minimum Gasteiger partial charge on any atom is -0.491 e. The molecule has 1 aromatic rings. The molecule has 0 aliphatic carbocycles. The third kappa shape index (κ3) is 5.59. The van der Waals surface area contributed by atoms with Crippen molar-refractivity contribution < 1.29 is 14.6 Å². The second-order valence-corrected chi connectivity index (χ2v) is 5.56. The van der Waals surface area contributed by atoms with Crippen molar-refractivity contribution in [3.05, 3.63) is 29.8 Å². The van der Waals surface area contributed by atoms with E-state index in [2.05, 4.69) is 4.90 Å². The van der Waals surface area contributed by atoms with Gasteiger partial charge in [0.05, 0.1) is 6.61 Å². The average molecular weight is 310 g/mol. The number of nitrogens with zero attached hydrogens (tertiary/aromatic N) is 1. The van der Waals surface area contributed by atoms with E-state index in [4.69, 9.17) is 27.4 Å². The number of hydrogen-bond acceptors (Lipinski definition) is 5. The number of aliphatic hydroxyl groups excluding tert-OH is 1. The summed E-state index contributed by atoms with van der Waals surface area (Å²) >= 11 is 4.93. The van der Waals surface area contributed by atoms with E-state index in [1.165, 1.54) is 0 Å². The molecule has 0 radical (unpaired) electrons. The molecule has 6 heteroatoms. The fraction of sp³-hybridized carbons (Fsp3) is 0.533. The molecule has 1 aromatic carbocycles. The third-order valence-electron chi connectivity index (χ3n) is 3.34. The number of benzene rings is 1. The maximum atomic E-state index is 10.1. The van der Waals surface area contributed by atoms with E-state index in [1.807, 2.05) is 18.2 Å². The smallest absolute Gasteiger partial charge is 0.120 e. The zero-order valence-corrected chi connectivity index (χ0v) is 12.8. The Balaban J connectivity index is 1.79.